The molecule has 0 N–H and O–H groups in total. The molecule has 0 saturated carbocycles. The standard InChI is InChI=1S/C16H14O2S/c1-17-13-8-9-14(18-2)16-15(13)12(10-19-16)11-6-4-3-5-7-11/h3-10H,1-2H3. The van der Waals surface area contributed by atoms with E-state index in [1.807, 2.05) is 30.3 Å². The number of hydrogen-bond donors (Lipinski definition) is 0. The Labute approximate surface area is 116 Å². The molecule has 2 aromatic carbocycles. The number of ether oxygens (including phenoxy) is 2. The third kappa shape index (κ3) is 1.96. The van der Waals surface area contributed by atoms with Crippen molar-refractivity contribution in [2.24, 2.45) is 0 Å². The van der Waals surface area contributed by atoms with E-state index in [0.717, 1.165) is 21.6 Å². The molecule has 0 spiro atoms. The molecule has 0 aliphatic rings. The second-order valence-corrected chi connectivity index (χ2v) is 5.07. The maximum atomic E-state index is 5.50. The van der Waals surface area contributed by atoms with Crippen molar-refractivity contribution in [3.63, 3.8) is 0 Å². The molecule has 1 heterocycles. The molecule has 19 heavy (non-hydrogen) atoms. The Kier molecular flexibility index (Phi) is 3.13. The number of rotatable bonds is 3. The summed E-state index contributed by atoms with van der Waals surface area (Å²) in [7, 11) is 3.40. The highest BCUT2D eigenvalue weighted by molar-refractivity contribution is 7.18. The Bertz CT molecular complexity index is 701. The third-order valence-corrected chi connectivity index (χ3v) is 4.17. The lowest BCUT2D eigenvalue weighted by Gasteiger charge is -2.08. The van der Waals surface area contributed by atoms with Crippen molar-refractivity contribution in [3.05, 3.63) is 47.8 Å². The summed E-state index contributed by atoms with van der Waals surface area (Å²) >= 11 is 1.68. The number of thiophene rings is 1. The van der Waals surface area contributed by atoms with Gasteiger partial charge in [0.05, 0.1) is 18.9 Å². The molecule has 0 bridgehead atoms. The molecule has 0 amide bonds. The maximum absolute atomic E-state index is 5.50. The van der Waals surface area contributed by atoms with Gasteiger partial charge in [0.1, 0.15) is 11.5 Å². The van der Waals surface area contributed by atoms with Crippen molar-refractivity contribution in [2.45, 2.75) is 0 Å². The van der Waals surface area contributed by atoms with Gasteiger partial charge >= 0.3 is 0 Å². The van der Waals surface area contributed by atoms with Crippen LogP contribution in [-0.4, -0.2) is 14.2 Å². The second-order valence-electron chi connectivity index (χ2n) is 4.19. The summed E-state index contributed by atoms with van der Waals surface area (Å²) in [4.78, 5) is 0. The second kappa shape index (κ2) is 4.94. The third-order valence-electron chi connectivity index (χ3n) is 3.17. The zero-order valence-corrected chi connectivity index (χ0v) is 11.7. The predicted octanol–water partition coefficient (Wildman–Crippen LogP) is 4.59. The molecule has 0 saturated heterocycles. The van der Waals surface area contributed by atoms with Gasteiger partial charge in [-0.15, -0.1) is 11.3 Å². The van der Waals surface area contributed by atoms with E-state index in [0.29, 0.717) is 0 Å². The first kappa shape index (κ1) is 12.1. The number of hydrogen-bond acceptors (Lipinski definition) is 3. The van der Waals surface area contributed by atoms with Crippen molar-refractivity contribution >= 4 is 21.4 Å². The molecular formula is C16H14O2S. The Morgan fingerprint density at radius 2 is 1.53 bits per heavy atom. The number of fused-ring (bicyclic) bond motifs is 1. The Morgan fingerprint density at radius 3 is 2.21 bits per heavy atom. The van der Waals surface area contributed by atoms with Crippen molar-refractivity contribution in [1.82, 2.24) is 0 Å². The summed E-state index contributed by atoms with van der Waals surface area (Å²) in [5, 5.41) is 3.28. The zero-order valence-electron chi connectivity index (χ0n) is 10.8. The van der Waals surface area contributed by atoms with Crippen molar-refractivity contribution in [2.75, 3.05) is 14.2 Å². The Balaban J connectivity index is 2.32. The van der Waals surface area contributed by atoms with E-state index in [4.69, 9.17) is 9.47 Å². The summed E-state index contributed by atoms with van der Waals surface area (Å²) in [6.07, 6.45) is 0. The lowest BCUT2D eigenvalue weighted by molar-refractivity contribution is 0.411. The van der Waals surface area contributed by atoms with Crippen LogP contribution in [0.15, 0.2) is 47.8 Å². The molecule has 0 atom stereocenters. The molecule has 2 nitrogen and oxygen atoms in total. The van der Waals surface area contributed by atoms with E-state index in [-0.39, 0.29) is 0 Å². The smallest absolute Gasteiger partial charge is 0.136 e. The minimum absolute atomic E-state index is 0.885. The van der Waals surface area contributed by atoms with Crippen LogP contribution in [0, 0.1) is 0 Å². The number of methoxy groups -OCH3 is 2. The molecule has 3 heteroatoms. The van der Waals surface area contributed by atoms with Crippen molar-refractivity contribution in [1.29, 1.82) is 0 Å². The van der Waals surface area contributed by atoms with Crippen LogP contribution in [0.5, 0.6) is 11.5 Å². The van der Waals surface area contributed by atoms with Gasteiger partial charge in [0.15, 0.2) is 0 Å². The largest absolute Gasteiger partial charge is 0.496 e. The summed E-state index contributed by atoms with van der Waals surface area (Å²) < 4.78 is 12.1. The lowest BCUT2D eigenvalue weighted by Crippen LogP contribution is -1.87. The van der Waals surface area contributed by atoms with Crippen LogP contribution in [0.4, 0.5) is 0 Å². The molecule has 3 rings (SSSR count). The molecule has 0 radical (unpaired) electrons. The van der Waals surface area contributed by atoms with Gasteiger partial charge in [-0.1, -0.05) is 30.3 Å². The summed E-state index contributed by atoms with van der Waals surface area (Å²) in [5.74, 6) is 1.78. The average molecular weight is 270 g/mol. The van der Waals surface area contributed by atoms with Crippen LogP contribution in [-0.2, 0) is 0 Å². The Morgan fingerprint density at radius 1 is 0.842 bits per heavy atom. The Hall–Kier alpha value is -2.00. The fourth-order valence-electron chi connectivity index (χ4n) is 2.26. The lowest BCUT2D eigenvalue weighted by atomic mass is 10.0. The van der Waals surface area contributed by atoms with Crippen LogP contribution in [0.3, 0.4) is 0 Å². The molecule has 1 aromatic heterocycles. The molecule has 3 aromatic rings. The highest BCUT2D eigenvalue weighted by Crippen LogP contribution is 2.43. The first-order valence-electron chi connectivity index (χ1n) is 6.02. The maximum Gasteiger partial charge on any atom is 0.136 e. The first-order valence-corrected chi connectivity index (χ1v) is 6.90. The van der Waals surface area contributed by atoms with Gasteiger partial charge in [-0.2, -0.15) is 0 Å². The van der Waals surface area contributed by atoms with Gasteiger partial charge in [-0.3, -0.25) is 0 Å². The van der Waals surface area contributed by atoms with E-state index in [1.165, 1.54) is 11.1 Å². The van der Waals surface area contributed by atoms with E-state index in [1.54, 1.807) is 25.6 Å². The van der Waals surface area contributed by atoms with E-state index in [2.05, 4.69) is 17.5 Å². The number of benzene rings is 2. The SMILES string of the molecule is COc1ccc(OC)c2c(-c3ccccc3)csc12. The van der Waals surface area contributed by atoms with Gasteiger partial charge in [-0.05, 0) is 17.7 Å². The molecule has 0 aliphatic carbocycles. The fraction of sp³-hybridized carbons (Fsp3) is 0.125. The van der Waals surface area contributed by atoms with E-state index in [9.17, 15) is 0 Å². The fourth-order valence-corrected chi connectivity index (χ4v) is 3.34. The summed E-state index contributed by atoms with van der Waals surface area (Å²) in [5.41, 5.74) is 2.39. The normalized spacial score (nSPS) is 10.6. The summed E-state index contributed by atoms with van der Waals surface area (Å²) in [6.45, 7) is 0. The zero-order chi connectivity index (χ0) is 13.2. The van der Waals surface area contributed by atoms with Crippen molar-refractivity contribution in [3.8, 4) is 22.6 Å². The highest BCUT2D eigenvalue weighted by atomic mass is 32.1. The molecule has 0 aliphatic heterocycles. The van der Waals surface area contributed by atoms with Crippen LogP contribution in [0.1, 0.15) is 0 Å². The topological polar surface area (TPSA) is 18.5 Å². The van der Waals surface area contributed by atoms with Crippen LogP contribution >= 0.6 is 11.3 Å². The molecule has 0 unspecified atom stereocenters. The minimum Gasteiger partial charge on any atom is -0.496 e. The van der Waals surface area contributed by atoms with Crippen LogP contribution in [0.25, 0.3) is 21.2 Å². The van der Waals surface area contributed by atoms with Crippen LogP contribution in [0.2, 0.25) is 0 Å². The van der Waals surface area contributed by atoms with E-state index >= 15 is 0 Å². The van der Waals surface area contributed by atoms with Gasteiger partial charge in [0, 0.05) is 16.3 Å². The first-order chi connectivity index (χ1) is 9.35. The van der Waals surface area contributed by atoms with Crippen LogP contribution < -0.4 is 9.47 Å². The van der Waals surface area contributed by atoms with Gasteiger partial charge in [0.25, 0.3) is 0 Å². The van der Waals surface area contributed by atoms with E-state index < -0.39 is 0 Å². The van der Waals surface area contributed by atoms with Crippen molar-refractivity contribution < 1.29 is 9.47 Å². The van der Waals surface area contributed by atoms with Gasteiger partial charge in [0.2, 0.25) is 0 Å². The molecule has 96 valence electrons. The molecular weight excluding hydrogens is 256 g/mol. The average Bonchev–Trinajstić information content (AvgIpc) is 2.92. The summed E-state index contributed by atoms with van der Waals surface area (Å²) in [6, 6.07) is 14.3. The quantitative estimate of drug-likeness (QED) is 0.693. The monoisotopic (exact) mass is 270 g/mol. The van der Waals surface area contributed by atoms with Gasteiger partial charge in [-0.25, -0.2) is 0 Å². The minimum atomic E-state index is 0.885. The molecule has 0 fully saturated rings. The van der Waals surface area contributed by atoms with Gasteiger partial charge < -0.3 is 9.47 Å². The highest BCUT2D eigenvalue weighted by Gasteiger charge is 2.14. The predicted molar refractivity (Wildman–Crippen MR) is 80.4 cm³/mol.